The fourth-order valence-electron chi connectivity index (χ4n) is 3.69. The fourth-order valence-corrected chi connectivity index (χ4v) is 3.69. The highest BCUT2D eigenvalue weighted by atomic mass is 16.5. The van der Waals surface area contributed by atoms with Gasteiger partial charge in [-0.05, 0) is 37.0 Å². The Morgan fingerprint density at radius 3 is 2.96 bits per heavy atom. The van der Waals surface area contributed by atoms with E-state index in [-0.39, 0.29) is 6.10 Å². The average Bonchev–Trinajstić information content (AvgIpc) is 2.72. The normalized spacial score (nSPS) is 19.9. The number of para-hydroxylation sites is 1. The number of ether oxygens (including phenoxy) is 2. The van der Waals surface area contributed by atoms with E-state index >= 15 is 0 Å². The highest BCUT2D eigenvalue weighted by molar-refractivity contribution is 5.48. The van der Waals surface area contributed by atoms with Crippen LogP contribution < -0.4 is 19.7 Å². The van der Waals surface area contributed by atoms with Crippen molar-refractivity contribution in [2.75, 3.05) is 43.6 Å². The first-order valence-corrected chi connectivity index (χ1v) is 9.51. The molecule has 2 aliphatic heterocycles. The number of piperidine rings is 1. The zero-order chi connectivity index (χ0) is 18.6. The third kappa shape index (κ3) is 4.08. The molecule has 0 aliphatic carbocycles. The van der Waals surface area contributed by atoms with Crippen LogP contribution in [-0.4, -0.2) is 54.5 Å². The van der Waals surface area contributed by atoms with Crippen LogP contribution >= 0.6 is 0 Å². The molecule has 1 aromatic carbocycles. The van der Waals surface area contributed by atoms with E-state index in [1.807, 2.05) is 18.2 Å². The molecule has 1 unspecified atom stereocenters. The van der Waals surface area contributed by atoms with Crippen LogP contribution in [0.2, 0.25) is 0 Å². The smallest absolute Gasteiger partial charge is 0.224 e. The van der Waals surface area contributed by atoms with Crippen LogP contribution in [-0.2, 0) is 6.42 Å². The summed E-state index contributed by atoms with van der Waals surface area (Å²) in [6.45, 7) is 3.04. The summed E-state index contributed by atoms with van der Waals surface area (Å²) in [6.07, 6.45) is 4.11. The van der Waals surface area contributed by atoms with E-state index in [4.69, 9.17) is 9.47 Å². The predicted molar refractivity (Wildman–Crippen MR) is 104 cm³/mol. The van der Waals surface area contributed by atoms with E-state index in [2.05, 4.69) is 26.3 Å². The minimum absolute atomic E-state index is 0.187. The highest BCUT2D eigenvalue weighted by Crippen LogP contribution is 2.36. The van der Waals surface area contributed by atoms with Gasteiger partial charge >= 0.3 is 0 Å². The van der Waals surface area contributed by atoms with Crippen LogP contribution in [0.1, 0.15) is 18.4 Å². The third-order valence-corrected chi connectivity index (χ3v) is 5.23. The van der Waals surface area contributed by atoms with E-state index in [0.29, 0.717) is 18.5 Å². The topological polar surface area (TPSA) is 79.7 Å². The molecule has 0 radical (unpaired) electrons. The summed E-state index contributed by atoms with van der Waals surface area (Å²) < 4.78 is 11.3. The number of benzene rings is 1. The van der Waals surface area contributed by atoms with Gasteiger partial charge in [-0.1, -0.05) is 12.1 Å². The maximum Gasteiger partial charge on any atom is 0.224 e. The van der Waals surface area contributed by atoms with Gasteiger partial charge in [0.25, 0.3) is 0 Å². The molecule has 7 heteroatoms. The zero-order valence-electron chi connectivity index (χ0n) is 15.6. The largest absolute Gasteiger partial charge is 0.493 e. The Kier molecular flexibility index (Phi) is 5.29. The molecule has 3 heterocycles. The number of hydrogen-bond acceptors (Lipinski definition) is 7. The van der Waals surface area contributed by atoms with Crippen molar-refractivity contribution < 1.29 is 14.6 Å². The Labute approximate surface area is 159 Å². The fraction of sp³-hybridized carbons (Fsp3) is 0.500. The van der Waals surface area contributed by atoms with Gasteiger partial charge in [0.15, 0.2) is 11.5 Å². The summed E-state index contributed by atoms with van der Waals surface area (Å²) in [5, 5.41) is 13.0. The van der Waals surface area contributed by atoms with Gasteiger partial charge in [0.2, 0.25) is 5.95 Å². The second kappa shape index (κ2) is 8.00. The molecule has 0 amide bonds. The number of aliphatic hydroxyl groups is 1. The molecule has 2 aliphatic rings. The van der Waals surface area contributed by atoms with Gasteiger partial charge in [0.1, 0.15) is 5.82 Å². The number of nitrogens with zero attached hydrogens (tertiary/aromatic N) is 3. The first kappa shape index (κ1) is 17.9. The van der Waals surface area contributed by atoms with Crippen LogP contribution in [0.15, 0.2) is 30.5 Å². The van der Waals surface area contributed by atoms with Gasteiger partial charge in [0, 0.05) is 31.7 Å². The lowest BCUT2D eigenvalue weighted by molar-refractivity contribution is 0.145. The highest BCUT2D eigenvalue weighted by Gasteiger charge is 2.23. The zero-order valence-corrected chi connectivity index (χ0v) is 15.6. The number of hydrogen-bond donors (Lipinski definition) is 2. The van der Waals surface area contributed by atoms with E-state index in [0.717, 1.165) is 56.2 Å². The average molecular weight is 370 g/mol. The van der Waals surface area contributed by atoms with E-state index in [9.17, 15) is 5.11 Å². The van der Waals surface area contributed by atoms with Crippen LogP contribution in [0.25, 0.3) is 0 Å². The molecular formula is C20H26N4O3. The van der Waals surface area contributed by atoms with Crippen molar-refractivity contribution in [2.45, 2.75) is 25.4 Å². The van der Waals surface area contributed by atoms with Crippen molar-refractivity contribution in [3.05, 3.63) is 36.0 Å². The molecular weight excluding hydrogens is 344 g/mol. The van der Waals surface area contributed by atoms with Crippen molar-refractivity contribution in [1.29, 1.82) is 0 Å². The quantitative estimate of drug-likeness (QED) is 0.834. The number of nitrogens with one attached hydrogen (secondary N) is 1. The standard InChI is InChI=1S/C20H26N4O3/c1-26-17-4-2-3-15-11-14(13-27-19(15)17)12-22-20-21-8-5-18(23-20)24-9-6-16(25)7-10-24/h2-5,8,14,16,25H,6-7,9-13H2,1H3,(H,21,22,23). The van der Waals surface area contributed by atoms with Gasteiger partial charge in [-0.25, -0.2) is 4.98 Å². The summed E-state index contributed by atoms with van der Waals surface area (Å²) in [4.78, 5) is 11.2. The third-order valence-electron chi connectivity index (χ3n) is 5.23. The molecule has 2 N–H and O–H groups in total. The molecule has 0 saturated carbocycles. The summed E-state index contributed by atoms with van der Waals surface area (Å²) in [6, 6.07) is 7.94. The molecule has 1 saturated heterocycles. The number of fused-ring (bicyclic) bond motifs is 1. The maximum absolute atomic E-state index is 9.67. The monoisotopic (exact) mass is 370 g/mol. The number of rotatable bonds is 5. The van der Waals surface area contributed by atoms with Gasteiger partial charge in [-0.2, -0.15) is 4.98 Å². The second-order valence-electron chi connectivity index (χ2n) is 7.17. The maximum atomic E-state index is 9.67. The Morgan fingerprint density at radius 1 is 1.30 bits per heavy atom. The second-order valence-corrected chi connectivity index (χ2v) is 7.17. The lowest BCUT2D eigenvalue weighted by atomic mass is 9.96. The Morgan fingerprint density at radius 2 is 2.15 bits per heavy atom. The predicted octanol–water partition coefficient (Wildman–Crippen LogP) is 2.11. The van der Waals surface area contributed by atoms with Crippen LogP contribution in [0, 0.1) is 5.92 Å². The SMILES string of the molecule is COc1cccc2c1OCC(CNc1nccc(N3CCC(O)CC3)n1)C2. The van der Waals surface area contributed by atoms with Crippen molar-refractivity contribution >= 4 is 11.8 Å². The molecule has 27 heavy (non-hydrogen) atoms. The molecule has 0 spiro atoms. The summed E-state index contributed by atoms with van der Waals surface area (Å²) in [5.74, 6) is 3.55. The summed E-state index contributed by atoms with van der Waals surface area (Å²) in [7, 11) is 1.67. The van der Waals surface area contributed by atoms with E-state index < -0.39 is 0 Å². The first-order chi connectivity index (χ1) is 13.2. The summed E-state index contributed by atoms with van der Waals surface area (Å²) >= 11 is 0. The Balaban J connectivity index is 1.36. The molecule has 1 fully saturated rings. The summed E-state index contributed by atoms with van der Waals surface area (Å²) in [5.41, 5.74) is 1.17. The van der Waals surface area contributed by atoms with Gasteiger partial charge in [-0.3, -0.25) is 0 Å². The van der Waals surface area contributed by atoms with Crippen molar-refractivity contribution in [1.82, 2.24) is 9.97 Å². The molecule has 4 rings (SSSR count). The molecule has 144 valence electrons. The Bertz CT molecular complexity index is 778. The van der Waals surface area contributed by atoms with Crippen molar-refractivity contribution in [2.24, 2.45) is 5.92 Å². The molecule has 1 aromatic heterocycles. The number of anilines is 2. The van der Waals surface area contributed by atoms with Gasteiger partial charge in [-0.15, -0.1) is 0 Å². The van der Waals surface area contributed by atoms with Crippen LogP contribution in [0.5, 0.6) is 11.5 Å². The molecule has 1 atom stereocenters. The first-order valence-electron chi connectivity index (χ1n) is 9.51. The lowest BCUT2D eigenvalue weighted by Gasteiger charge is -2.30. The number of methoxy groups -OCH3 is 1. The molecule has 0 bridgehead atoms. The van der Waals surface area contributed by atoms with Gasteiger partial charge in [0.05, 0.1) is 19.8 Å². The van der Waals surface area contributed by atoms with Gasteiger partial charge < -0.3 is 24.8 Å². The minimum atomic E-state index is -0.187. The van der Waals surface area contributed by atoms with E-state index in [1.165, 1.54) is 5.56 Å². The van der Waals surface area contributed by atoms with Crippen LogP contribution in [0.4, 0.5) is 11.8 Å². The van der Waals surface area contributed by atoms with Crippen molar-refractivity contribution in [3.8, 4) is 11.5 Å². The van der Waals surface area contributed by atoms with Crippen molar-refractivity contribution in [3.63, 3.8) is 0 Å². The lowest BCUT2D eigenvalue weighted by Crippen LogP contribution is -2.36. The number of aromatic nitrogens is 2. The van der Waals surface area contributed by atoms with Crippen LogP contribution in [0.3, 0.4) is 0 Å². The molecule has 2 aromatic rings. The molecule has 7 nitrogen and oxygen atoms in total. The minimum Gasteiger partial charge on any atom is -0.493 e. The van der Waals surface area contributed by atoms with E-state index in [1.54, 1.807) is 13.3 Å². The Hall–Kier alpha value is -2.54. The number of aliphatic hydroxyl groups excluding tert-OH is 1.